The van der Waals surface area contributed by atoms with Gasteiger partial charge >= 0.3 is 5.97 Å². The molecule has 0 heterocycles. The van der Waals surface area contributed by atoms with E-state index in [2.05, 4.69) is 5.32 Å². The minimum absolute atomic E-state index is 0.0938. The van der Waals surface area contributed by atoms with Gasteiger partial charge in [0.15, 0.2) is 6.10 Å². The number of carbonyl (C=O) groups is 1. The normalized spacial score (nSPS) is 23.4. The molecule has 5 heteroatoms. The molecule has 0 spiro atoms. The molecule has 1 aromatic carbocycles. The molecular weight excluding hydrogens is 258 g/mol. The number of hydrogen-bond donors (Lipinski definition) is 4. The fourth-order valence-corrected chi connectivity index (χ4v) is 2.23. The molecule has 0 aliphatic heterocycles. The SMILES string of the molecule is CN[C@@H]1CCCC[C@H]1O.O=C(O)[C@H](O)c1ccccc1. The second-order valence-corrected chi connectivity index (χ2v) is 4.90. The fraction of sp³-hybridized carbons (Fsp3) is 0.533. The van der Waals surface area contributed by atoms with Crippen LogP contribution in [0.25, 0.3) is 0 Å². The molecule has 0 unspecified atom stereocenters. The quantitative estimate of drug-likeness (QED) is 0.671. The highest BCUT2D eigenvalue weighted by Crippen LogP contribution is 2.17. The Bertz CT molecular complexity index is 396. The van der Waals surface area contributed by atoms with Crippen LogP contribution in [0.5, 0.6) is 0 Å². The van der Waals surface area contributed by atoms with Gasteiger partial charge in [0.25, 0.3) is 0 Å². The van der Waals surface area contributed by atoms with E-state index in [-0.39, 0.29) is 6.10 Å². The third-order valence-electron chi connectivity index (χ3n) is 3.45. The van der Waals surface area contributed by atoms with E-state index >= 15 is 0 Å². The van der Waals surface area contributed by atoms with Gasteiger partial charge in [0, 0.05) is 6.04 Å². The molecule has 1 aliphatic carbocycles. The van der Waals surface area contributed by atoms with E-state index in [0.717, 1.165) is 12.8 Å². The third-order valence-corrected chi connectivity index (χ3v) is 3.45. The highest BCUT2D eigenvalue weighted by atomic mass is 16.4. The van der Waals surface area contributed by atoms with Crippen LogP contribution in [0.3, 0.4) is 0 Å². The molecule has 0 radical (unpaired) electrons. The van der Waals surface area contributed by atoms with Crippen LogP contribution in [-0.4, -0.2) is 40.5 Å². The number of likely N-dealkylation sites (N-methyl/N-ethyl adjacent to an activating group) is 1. The van der Waals surface area contributed by atoms with Crippen molar-refractivity contribution in [3.63, 3.8) is 0 Å². The van der Waals surface area contributed by atoms with Crippen LogP contribution in [0.2, 0.25) is 0 Å². The van der Waals surface area contributed by atoms with Gasteiger partial charge < -0.3 is 20.6 Å². The predicted octanol–water partition coefficient (Wildman–Crippen LogP) is 1.31. The van der Waals surface area contributed by atoms with Gasteiger partial charge in [0.1, 0.15) is 0 Å². The predicted molar refractivity (Wildman–Crippen MR) is 76.4 cm³/mol. The molecule has 0 amide bonds. The first-order valence-electron chi connectivity index (χ1n) is 6.87. The van der Waals surface area contributed by atoms with E-state index in [9.17, 15) is 9.90 Å². The largest absolute Gasteiger partial charge is 0.479 e. The standard InChI is InChI=1S/C8H8O3.C7H15NO/c9-7(8(10)11)6-4-2-1-3-5-6;1-8-6-4-2-3-5-7(6)9/h1-5,7,9H,(H,10,11);6-9H,2-5H2,1H3/t7-;6-,7-/m11/s1. The van der Waals surface area contributed by atoms with Crippen molar-refractivity contribution in [2.75, 3.05) is 7.05 Å². The first-order valence-corrected chi connectivity index (χ1v) is 6.87. The number of carboxylic acids is 1. The number of benzene rings is 1. The highest BCUT2D eigenvalue weighted by molar-refractivity contribution is 5.73. The zero-order valence-electron chi connectivity index (χ0n) is 11.7. The van der Waals surface area contributed by atoms with Gasteiger partial charge in [-0.25, -0.2) is 4.79 Å². The molecule has 1 saturated carbocycles. The maximum absolute atomic E-state index is 10.2. The average molecular weight is 281 g/mol. The lowest BCUT2D eigenvalue weighted by atomic mass is 9.93. The molecule has 20 heavy (non-hydrogen) atoms. The zero-order valence-corrected chi connectivity index (χ0v) is 11.7. The molecule has 3 atom stereocenters. The summed E-state index contributed by atoms with van der Waals surface area (Å²) in [5, 5.41) is 29.8. The molecule has 1 fully saturated rings. The monoisotopic (exact) mass is 281 g/mol. The van der Waals surface area contributed by atoms with Crippen molar-refractivity contribution in [1.82, 2.24) is 5.32 Å². The number of hydrogen-bond acceptors (Lipinski definition) is 4. The first-order chi connectivity index (χ1) is 9.56. The van der Waals surface area contributed by atoms with Gasteiger partial charge in [0.2, 0.25) is 0 Å². The molecule has 0 aromatic heterocycles. The van der Waals surface area contributed by atoms with Gasteiger partial charge in [0.05, 0.1) is 6.10 Å². The van der Waals surface area contributed by atoms with Gasteiger partial charge in [-0.3, -0.25) is 0 Å². The summed E-state index contributed by atoms with van der Waals surface area (Å²) in [6.45, 7) is 0. The van der Waals surface area contributed by atoms with E-state index in [1.54, 1.807) is 30.3 Å². The smallest absolute Gasteiger partial charge is 0.337 e. The number of carboxylic acid groups (broad SMARTS) is 1. The summed E-state index contributed by atoms with van der Waals surface area (Å²) in [6, 6.07) is 8.62. The van der Waals surface area contributed by atoms with E-state index in [1.807, 2.05) is 7.05 Å². The summed E-state index contributed by atoms with van der Waals surface area (Å²) < 4.78 is 0. The average Bonchev–Trinajstić information content (AvgIpc) is 2.48. The van der Waals surface area contributed by atoms with Crippen LogP contribution in [-0.2, 0) is 4.79 Å². The molecule has 5 nitrogen and oxygen atoms in total. The van der Waals surface area contributed by atoms with Crippen molar-refractivity contribution in [2.24, 2.45) is 0 Å². The molecule has 4 N–H and O–H groups in total. The van der Waals surface area contributed by atoms with E-state index in [4.69, 9.17) is 10.2 Å². The lowest BCUT2D eigenvalue weighted by molar-refractivity contribution is -0.146. The van der Waals surface area contributed by atoms with Gasteiger partial charge in [-0.2, -0.15) is 0 Å². The Labute approximate surface area is 119 Å². The summed E-state index contributed by atoms with van der Waals surface area (Å²) in [4.78, 5) is 10.2. The number of aliphatic hydroxyl groups is 2. The Morgan fingerprint density at radius 2 is 1.85 bits per heavy atom. The van der Waals surface area contributed by atoms with Crippen molar-refractivity contribution in [2.45, 2.75) is 43.9 Å². The van der Waals surface area contributed by atoms with Crippen molar-refractivity contribution in [3.8, 4) is 0 Å². The van der Waals surface area contributed by atoms with Crippen LogP contribution < -0.4 is 5.32 Å². The van der Waals surface area contributed by atoms with Crippen molar-refractivity contribution in [3.05, 3.63) is 35.9 Å². The molecule has 0 bridgehead atoms. The maximum Gasteiger partial charge on any atom is 0.337 e. The Kier molecular flexibility index (Phi) is 7.22. The zero-order chi connectivity index (χ0) is 15.0. The van der Waals surface area contributed by atoms with Gasteiger partial charge in [-0.1, -0.05) is 43.2 Å². The molecule has 2 rings (SSSR count). The number of rotatable bonds is 3. The summed E-state index contributed by atoms with van der Waals surface area (Å²) in [6.07, 6.45) is 3.07. The lowest BCUT2D eigenvalue weighted by Crippen LogP contribution is -2.39. The molecule has 112 valence electrons. The first kappa shape index (κ1) is 16.6. The fourth-order valence-electron chi connectivity index (χ4n) is 2.23. The summed E-state index contributed by atoms with van der Waals surface area (Å²) in [7, 11) is 1.92. The summed E-state index contributed by atoms with van der Waals surface area (Å²) in [5.74, 6) is -1.23. The topological polar surface area (TPSA) is 89.8 Å². The maximum atomic E-state index is 10.2. The molecule has 1 aliphatic rings. The van der Waals surface area contributed by atoms with Crippen LogP contribution in [0, 0.1) is 0 Å². The Morgan fingerprint density at radius 1 is 1.25 bits per heavy atom. The second-order valence-electron chi connectivity index (χ2n) is 4.90. The third kappa shape index (κ3) is 5.28. The van der Waals surface area contributed by atoms with Crippen LogP contribution in [0.4, 0.5) is 0 Å². The second kappa shape index (κ2) is 8.68. The highest BCUT2D eigenvalue weighted by Gasteiger charge is 2.20. The number of aliphatic hydroxyl groups excluding tert-OH is 2. The minimum Gasteiger partial charge on any atom is -0.479 e. The van der Waals surface area contributed by atoms with E-state index in [0.29, 0.717) is 11.6 Å². The van der Waals surface area contributed by atoms with Gasteiger partial charge in [-0.05, 0) is 25.5 Å². The number of nitrogens with one attached hydrogen (secondary N) is 1. The Balaban J connectivity index is 0.000000204. The van der Waals surface area contributed by atoms with E-state index in [1.165, 1.54) is 12.8 Å². The van der Waals surface area contributed by atoms with Crippen LogP contribution >= 0.6 is 0 Å². The van der Waals surface area contributed by atoms with Gasteiger partial charge in [-0.15, -0.1) is 0 Å². The summed E-state index contributed by atoms with van der Waals surface area (Å²) in [5.41, 5.74) is 0.403. The Morgan fingerprint density at radius 3 is 2.30 bits per heavy atom. The van der Waals surface area contributed by atoms with Crippen LogP contribution in [0.1, 0.15) is 37.4 Å². The number of aliphatic carboxylic acids is 1. The van der Waals surface area contributed by atoms with Crippen molar-refractivity contribution < 1.29 is 20.1 Å². The molecule has 0 saturated heterocycles. The summed E-state index contributed by atoms with van der Waals surface area (Å²) >= 11 is 0. The minimum atomic E-state index is -1.41. The lowest BCUT2D eigenvalue weighted by Gasteiger charge is -2.26. The molecular formula is C15H23NO4. The van der Waals surface area contributed by atoms with Crippen molar-refractivity contribution in [1.29, 1.82) is 0 Å². The van der Waals surface area contributed by atoms with E-state index < -0.39 is 12.1 Å². The Hall–Kier alpha value is -1.43. The van der Waals surface area contributed by atoms with Crippen molar-refractivity contribution >= 4 is 5.97 Å². The van der Waals surface area contributed by atoms with Crippen LogP contribution in [0.15, 0.2) is 30.3 Å². The molecule has 1 aromatic rings.